The summed E-state index contributed by atoms with van der Waals surface area (Å²) >= 11 is 0. The van der Waals surface area contributed by atoms with E-state index >= 15 is 0 Å². The molecule has 0 amide bonds. The van der Waals surface area contributed by atoms with E-state index in [4.69, 9.17) is 21.3 Å². The highest BCUT2D eigenvalue weighted by atomic mass is 16.5. The minimum atomic E-state index is -0.347. The van der Waals surface area contributed by atoms with Crippen molar-refractivity contribution in [2.75, 3.05) is 25.5 Å². The molecule has 2 unspecified atom stereocenters. The molecule has 170 valence electrons. The monoisotopic (exact) mass is 445 g/mol. The van der Waals surface area contributed by atoms with Gasteiger partial charge in [-0.2, -0.15) is 0 Å². The Kier molecular flexibility index (Phi) is 5.43. The summed E-state index contributed by atoms with van der Waals surface area (Å²) in [6.07, 6.45) is 0.834. The lowest BCUT2D eigenvalue weighted by Gasteiger charge is -2.19. The predicted molar refractivity (Wildman–Crippen MR) is 127 cm³/mol. The summed E-state index contributed by atoms with van der Waals surface area (Å²) in [5.41, 5.74) is 17.4. The first-order valence-electron chi connectivity index (χ1n) is 11.1. The first-order valence-corrected chi connectivity index (χ1v) is 11.1. The van der Waals surface area contributed by atoms with Gasteiger partial charge in [-0.05, 0) is 38.0 Å². The molecule has 1 fully saturated rings. The number of fused-ring (bicyclic) bond motifs is 1. The fraction of sp³-hybridized carbons (Fsp3) is 0.333. The molecule has 4 aromatic rings. The number of nitrogens with zero attached hydrogens (tertiary/aromatic N) is 5. The molecular weight excluding hydrogens is 418 g/mol. The third-order valence-corrected chi connectivity index (χ3v) is 6.20. The quantitative estimate of drug-likeness (QED) is 0.483. The molecule has 5 rings (SSSR count). The lowest BCUT2D eigenvalue weighted by Crippen LogP contribution is -2.35. The average Bonchev–Trinajstić information content (AvgIpc) is 3.43. The Morgan fingerprint density at radius 1 is 1.12 bits per heavy atom. The number of ether oxygens (including phenoxy) is 1. The van der Waals surface area contributed by atoms with E-state index in [1.807, 2.05) is 56.3 Å². The molecule has 33 heavy (non-hydrogen) atoms. The maximum atomic E-state index is 13.5. The third-order valence-electron chi connectivity index (χ3n) is 6.20. The van der Waals surface area contributed by atoms with Crippen LogP contribution in [0, 0.1) is 19.8 Å². The van der Waals surface area contributed by atoms with Crippen LogP contribution in [0.1, 0.15) is 23.9 Å². The molecule has 0 aliphatic carbocycles. The first kappa shape index (κ1) is 21.3. The summed E-state index contributed by atoms with van der Waals surface area (Å²) in [7, 11) is 0. The Bertz CT molecular complexity index is 1350. The van der Waals surface area contributed by atoms with Crippen molar-refractivity contribution in [2.45, 2.75) is 26.3 Å². The van der Waals surface area contributed by atoms with Crippen LogP contribution in [0.25, 0.3) is 28.0 Å². The Hall–Kier alpha value is -3.56. The largest absolute Gasteiger partial charge is 0.381 e. The van der Waals surface area contributed by atoms with E-state index in [-0.39, 0.29) is 30.1 Å². The second-order valence-corrected chi connectivity index (χ2v) is 8.51. The van der Waals surface area contributed by atoms with Crippen molar-refractivity contribution in [3.8, 4) is 22.4 Å². The van der Waals surface area contributed by atoms with E-state index in [0.717, 1.165) is 34.5 Å². The van der Waals surface area contributed by atoms with Gasteiger partial charge in [0, 0.05) is 36.0 Å². The number of aryl methyl sites for hydroxylation is 2. The number of nitrogen functional groups attached to an aromatic ring is 1. The fourth-order valence-corrected chi connectivity index (χ4v) is 4.69. The Labute approximate surface area is 191 Å². The van der Waals surface area contributed by atoms with Crippen molar-refractivity contribution in [3.63, 3.8) is 0 Å². The molecule has 0 bridgehead atoms. The van der Waals surface area contributed by atoms with Crippen LogP contribution in [0.3, 0.4) is 0 Å². The summed E-state index contributed by atoms with van der Waals surface area (Å²) in [4.78, 5) is 22.7. The van der Waals surface area contributed by atoms with Gasteiger partial charge < -0.3 is 16.2 Å². The third kappa shape index (κ3) is 3.69. The number of benzene rings is 1. The van der Waals surface area contributed by atoms with Gasteiger partial charge in [0.2, 0.25) is 5.95 Å². The number of anilines is 1. The van der Waals surface area contributed by atoms with Crippen molar-refractivity contribution in [1.29, 1.82) is 0 Å². The summed E-state index contributed by atoms with van der Waals surface area (Å²) in [5.74, 6) is 0.207. The van der Waals surface area contributed by atoms with Gasteiger partial charge in [-0.1, -0.05) is 30.3 Å². The van der Waals surface area contributed by atoms with E-state index in [2.05, 4.69) is 9.97 Å². The molecule has 1 aliphatic rings. The van der Waals surface area contributed by atoms with E-state index in [1.54, 1.807) is 0 Å². The molecule has 1 saturated heterocycles. The lowest BCUT2D eigenvalue weighted by molar-refractivity contribution is 0.170. The maximum absolute atomic E-state index is 13.5. The minimum Gasteiger partial charge on any atom is -0.381 e. The van der Waals surface area contributed by atoms with Crippen molar-refractivity contribution in [2.24, 2.45) is 11.7 Å². The molecular formula is C24H27N7O2. The standard InChI is InChI=1S/C24H27N7O2/c1-14-10-18(11-15(2)27-14)20-21(16-6-4-3-5-7-16)28-23(26)30-22(20)29-31(24(30)32)19(12-25)17-8-9-33-13-17/h3-7,10-11,17,19H,8-9,12-13,25H2,1-2H3,(H2,26,28). The first-order chi connectivity index (χ1) is 16.0. The van der Waals surface area contributed by atoms with Crippen LogP contribution in [0.5, 0.6) is 0 Å². The molecule has 3 aromatic heterocycles. The maximum Gasteiger partial charge on any atom is 0.353 e. The highest BCUT2D eigenvalue weighted by Crippen LogP contribution is 2.35. The van der Waals surface area contributed by atoms with Crippen molar-refractivity contribution in [1.82, 2.24) is 24.1 Å². The van der Waals surface area contributed by atoms with Crippen LogP contribution >= 0.6 is 0 Å². The second-order valence-electron chi connectivity index (χ2n) is 8.51. The molecule has 0 radical (unpaired) electrons. The molecule has 1 aliphatic heterocycles. The van der Waals surface area contributed by atoms with Gasteiger partial charge in [0.15, 0.2) is 5.65 Å². The SMILES string of the molecule is Cc1cc(-c2c(-c3ccccc3)nc(N)n3c(=O)n(C(CN)C4CCOC4)nc23)cc(C)n1. The number of pyridine rings is 1. The second kappa shape index (κ2) is 8.42. The smallest absolute Gasteiger partial charge is 0.353 e. The van der Waals surface area contributed by atoms with E-state index < -0.39 is 0 Å². The molecule has 0 saturated carbocycles. The molecule has 9 heteroatoms. The molecule has 4 heterocycles. The van der Waals surface area contributed by atoms with Crippen LogP contribution in [-0.2, 0) is 4.74 Å². The minimum absolute atomic E-state index is 0.0878. The number of nitrogens with two attached hydrogens (primary N) is 2. The predicted octanol–water partition coefficient (Wildman–Crippen LogP) is 2.36. The molecule has 1 aromatic carbocycles. The lowest BCUT2D eigenvalue weighted by atomic mass is 9.99. The van der Waals surface area contributed by atoms with E-state index in [0.29, 0.717) is 24.6 Å². The number of aromatic nitrogens is 5. The van der Waals surface area contributed by atoms with Gasteiger partial charge in [-0.15, -0.1) is 5.10 Å². The Balaban J connectivity index is 1.84. The molecule has 4 N–H and O–H groups in total. The van der Waals surface area contributed by atoms with E-state index in [9.17, 15) is 4.79 Å². The van der Waals surface area contributed by atoms with Crippen molar-refractivity contribution >= 4 is 11.6 Å². The summed E-state index contributed by atoms with van der Waals surface area (Å²) < 4.78 is 8.39. The zero-order valence-electron chi connectivity index (χ0n) is 18.7. The highest BCUT2D eigenvalue weighted by Gasteiger charge is 2.30. The van der Waals surface area contributed by atoms with Crippen LogP contribution < -0.4 is 17.2 Å². The number of hydrogen-bond acceptors (Lipinski definition) is 7. The van der Waals surface area contributed by atoms with E-state index in [1.165, 1.54) is 9.08 Å². The fourth-order valence-electron chi connectivity index (χ4n) is 4.69. The Morgan fingerprint density at radius 2 is 1.85 bits per heavy atom. The van der Waals surface area contributed by atoms with Crippen molar-refractivity contribution in [3.05, 3.63) is 64.3 Å². The van der Waals surface area contributed by atoms with Gasteiger partial charge in [0.1, 0.15) is 0 Å². The van der Waals surface area contributed by atoms with Gasteiger partial charge in [-0.25, -0.2) is 18.9 Å². The van der Waals surface area contributed by atoms with Crippen LogP contribution in [-0.4, -0.2) is 43.9 Å². The van der Waals surface area contributed by atoms with Gasteiger partial charge in [0.25, 0.3) is 0 Å². The van der Waals surface area contributed by atoms with Gasteiger partial charge in [-0.3, -0.25) is 4.98 Å². The molecule has 2 atom stereocenters. The van der Waals surface area contributed by atoms with Gasteiger partial charge in [0.05, 0.1) is 23.9 Å². The zero-order chi connectivity index (χ0) is 23.1. The zero-order valence-corrected chi connectivity index (χ0v) is 18.7. The summed E-state index contributed by atoms with van der Waals surface area (Å²) in [5, 5.41) is 4.80. The average molecular weight is 446 g/mol. The molecule has 9 nitrogen and oxygen atoms in total. The Morgan fingerprint density at radius 3 is 2.48 bits per heavy atom. The highest BCUT2D eigenvalue weighted by molar-refractivity contribution is 5.90. The van der Waals surface area contributed by atoms with Crippen LogP contribution in [0.2, 0.25) is 0 Å². The normalized spacial score (nSPS) is 17.0. The number of rotatable bonds is 5. The molecule has 0 spiro atoms. The van der Waals surface area contributed by atoms with Crippen LogP contribution in [0.4, 0.5) is 5.95 Å². The van der Waals surface area contributed by atoms with Gasteiger partial charge >= 0.3 is 5.69 Å². The summed E-state index contributed by atoms with van der Waals surface area (Å²) in [6, 6.07) is 13.4. The van der Waals surface area contributed by atoms with Crippen LogP contribution in [0.15, 0.2) is 47.3 Å². The summed E-state index contributed by atoms with van der Waals surface area (Å²) in [6.45, 7) is 5.37. The number of hydrogen-bond donors (Lipinski definition) is 2. The topological polar surface area (TPSA) is 126 Å². The van der Waals surface area contributed by atoms with Crippen molar-refractivity contribution < 1.29 is 4.74 Å².